The van der Waals surface area contributed by atoms with Crippen molar-refractivity contribution in [1.82, 2.24) is 5.32 Å². The molecule has 0 amide bonds. The minimum absolute atomic E-state index is 0.203. The minimum Gasteiger partial charge on any atom is -0.315 e. The zero-order valence-corrected chi connectivity index (χ0v) is 14.4. The summed E-state index contributed by atoms with van der Waals surface area (Å²) in [6.07, 6.45) is 1.56. The second-order valence-electron chi connectivity index (χ2n) is 5.63. The fourth-order valence-electron chi connectivity index (χ4n) is 2.16. The van der Waals surface area contributed by atoms with Gasteiger partial charge in [-0.2, -0.15) is 0 Å². The molecule has 0 heterocycles. The molecule has 0 saturated heterocycles. The summed E-state index contributed by atoms with van der Waals surface area (Å²) in [5.74, 6) is 0.203. The number of sulfonamides is 1. The van der Waals surface area contributed by atoms with Gasteiger partial charge in [0, 0.05) is 12.6 Å². The topological polar surface area (TPSA) is 49.4 Å². The third-order valence-electron chi connectivity index (χ3n) is 3.33. The van der Waals surface area contributed by atoms with Gasteiger partial charge in [0.25, 0.3) is 0 Å². The molecule has 0 aliphatic rings. The number of hydrogen-bond acceptors (Lipinski definition) is 3. The molecular weight excluding hydrogens is 284 g/mol. The normalized spacial score (nSPS) is 11.9. The van der Waals surface area contributed by atoms with E-state index >= 15 is 0 Å². The van der Waals surface area contributed by atoms with Crippen LogP contribution in [0.1, 0.15) is 39.2 Å². The highest BCUT2D eigenvalue weighted by Gasteiger charge is 2.20. The van der Waals surface area contributed by atoms with E-state index in [2.05, 4.69) is 19.2 Å². The number of nitrogens with one attached hydrogen (secondary N) is 1. The standard InChI is InChI=1S/C16H28N2O2S/c1-5-18(16-10-8-15(4)9-11-16)21(19,20)13-7-6-12-17-14(2)3/h8-11,14,17H,5-7,12-13H2,1-4H3. The highest BCUT2D eigenvalue weighted by Crippen LogP contribution is 2.19. The lowest BCUT2D eigenvalue weighted by molar-refractivity contribution is 0.558. The van der Waals surface area contributed by atoms with Gasteiger partial charge in [-0.25, -0.2) is 8.42 Å². The van der Waals surface area contributed by atoms with E-state index in [1.165, 1.54) is 4.31 Å². The molecule has 0 atom stereocenters. The van der Waals surface area contributed by atoms with Gasteiger partial charge < -0.3 is 5.32 Å². The van der Waals surface area contributed by atoms with Crippen LogP contribution in [0.5, 0.6) is 0 Å². The SMILES string of the molecule is CCN(c1ccc(C)cc1)S(=O)(=O)CCCCNC(C)C. The monoisotopic (exact) mass is 312 g/mol. The smallest absolute Gasteiger partial charge is 0.235 e. The third-order valence-corrected chi connectivity index (χ3v) is 5.27. The highest BCUT2D eigenvalue weighted by molar-refractivity contribution is 7.92. The number of anilines is 1. The van der Waals surface area contributed by atoms with Gasteiger partial charge in [-0.15, -0.1) is 0 Å². The molecule has 1 rings (SSSR count). The van der Waals surface area contributed by atoms with Gasteiger partial charge in [0.15, 0.2) is 0 Å². The third kappa shape index (κ3) is 6.06. The lowest BCUT2D eigenvalue weighted by atomic mass is 10.2. The van der Waals surface area contributed by atoms with Crippen LogP contribution in [0.4, 0.5) is 5.69 Å². The molecule has 1 N–H and O–H groups in total. The second kappa shape index (κ2) is 8.39. The van der Waals surface area contributed by atoms with E-state index in [0.29, 0.717) is 19.0 Å². The van der Waals surface area contributed by atoms with Gasteiger partial charge in [0.2, 0.25) is 10.0 Å². The lowest BCUT2D eigenvalue weighted by Gasteiger charge is -2.23. The molecule has 0 unspecified atom stereocenters. The molecule has 0 fully saturated rings. The van der Waals surface area contributed by atoms with Crippen LogP contribution in [0, 0.1) is 6.92 Å². The quantitative estimate of drug-likeness (QED) is 0.713. The zero-order valence-electron chi connectivity index (χ0n) is 13.6. The van der Waals surface area contributed by atoms with Crippen molar-refractivity contribution in [2.75, 3.05) is 23.1 Å². The van der Waals surface area contributed by atoms with Gasteiger partial charge in [-0.05, 0) is 45.4 Å². The Kier molecular flexibility index (Phi) is 7.18. The Labute approximate surface area is 129 Å². The van der Waals surface area contributed by atoms with Gasteiger partial charge >= 0.3 is 0 Å². The Morgan fingerprint density at radius 3 is 2.29 bits per heavy atom. The van der Waals surface area contributed by atoms with E-state index in [4.69, 9.17) is 0 Å². The van der Waals surface area contributed by atoms with Crippen LogP contribution >= 0.6 is 0 Å². The Bertz CT molecular complexity index is 510. The average Bonchev–Trinajstić information content (AvgIpc) is 2.40. The first kappa shape index (κ1) is 18.0. The average molecular weight is 312 g/mol. The molecular formula is C16H28N2O2S. The van der Waals surface area contributed by atoms with E-state index < -0.39 is 10.0 Å². The molecule has 21 heavy (non-hydrogen) atoms. The lowest BCUT2D eigenvalue weighted by Crippen LogP contribution is -2.33. The maximum atomic E-state index is 12.4. The van der Waals surface area contributed by atoms with E-state index in [0.717, 1.165) is 24.2 Å². The van der Waals surface area contributed by atoms with Crippen LogP contribution in [-0.4, -0.2) is 33.3 Å². The number of benzene rings is 1. The van der Waals surface area contributed by atoms with Gasteiger partial charge in [0.05, 0.1) is 11.4 Å². The van der Waals surface area contributed by atoms with Crippen molar-refractivity contribution in [3.05, 3.63) is 29.8 Å². The molecule has 4 nitrogen and oxygen atoms in total. The summed E-state index contributed by atoms with van der Waals surface area (Å²) in [5.41, 5.74) is 1.88. The molecule has 0 aliphatic carbocycles. The summed E-state index contributed by atoms with van der Waals surface area (Å²) in [4.78, 5) is 0. The fraction of sp³-hybridized carbons (Fsp3) is 0.625. The summed E-state index contributed by atoms with van der Waals surface area (Å²) in [7, 11) is -3.23. The maximum Gasteiger partial charge on any atom is 0.235 e. The number of rotatable bonds is 9. The predicted molar refractivity (Wildman–Crippen MR) is 90.4 cm³/mol. The van der Waals surface area contributed by atoms with E-state index in [1.54, 1.807) is 0 Å². The Hall–Kier alpha value is -1.07. The molecule has 0 bridgehead atoms. The van der Waals surface area contributed by atoms with Crippen LogP contribution in [0.2, 0.25) is 0 Å². The Balaban J connectivity index is 2.60. The molecule has 0 saturated carbocycles. The maximum absolute atomic E-state index is 12.4. The van der Waals surface area contributed by atoms with Gasteiger partial charge in [0.1, 0.15) is 0 Å². The molecule has 0 aliphatic heterocycles. The van der Waals surface area contributed by atoms with Crippen molar-refractivity contribution in [3.8, 4) is 0 Å². The van der Waals surface area contributed by atoms with E-state index in [-0.39, 0.29) is 5.75 Å². The van der Waals surface area contributed by atoms with Crippen LogP contribution in [0.3, 0.4) is 0 Å². The van der Waals surface area contributed by atoms with Crippen LogP contribution < -0.4 is 9.62 Å². The first-order valence-corrected chi connectivity index (χ1v) is 9.28. The van der Waals surface area contributed by atoms with Crippen molar-refractivity contribution in [2.45, 2.75) is 46.6 Å². The second-order valence-corrected chi connectivity index (χ2v) is 7.65. The predicted octanol–water partition coefficient (Wildman–Crippen LogP) is 2.93. The Morgan fingerprint density at radius 1 is 1.14 bits per heavy atom. The summed E-state index contributed by atoms with van der Waals surface area (Å²) in [5, 5.41) is 3.30. The summed E-state index contributed by atoms with van der Waals surface area (Å²) >= 11 is 0. The summed E-state index contributed by atoms with van der Waals surface area (Å²) < 4.78 is 26.4. The minimum atomic E-state index is -3.23. The van der Waals surface area contributed by atoms with Crippen molar-refractivity contribution in [2.24, 2.45) is 0 Å². The van der Waals surface area contributed by atoms with Crippen molar-refractivity contribution in [3.63, 3.8) is 0 Å². The van der Waals surface area contributed by atoms with Crippen LogP contribution in [0.25, 0.3) is 0 Å². The summed E-state index contributed by atoms with van der Waals surface area (Å²) in [6.45, 7) is 9.38. The zero-order chi connectivity index (χ0) is 15.9. The largest absolute Gasteiger partial charge is 0.315 e. The van der Waals surface area contributed by atoms with Crippen LogP contribution in [-0.2, 0) is 10.0 Å². The number of unbranched alkanes of at least 4 members (excludes halogenated alkanes) is 1. The van der Waals surface area contributed by atoms with Crippen LogP contribution in [0.15, 0.2) is 24.3 Å². The van der Waals surface area contributed by atoms with Crippen molar-refractivity contribution in [1.29, 1.82) is 0 Å². The first-order chi connectivity index (χ1) is 9.86. The summed E-state index contributed by atoms with van der Waals surface area (Å²) in [6, 6.07) is 8.08. The molecule has 0 aromatic heterocycles. The molecule has 0 radical (unpaired) electrons. The Morgan fingerprint density at radius 2 is 1.76 bits per heavy atom. The fourth-order valence-corrected chi connectivity index (χ4v) is 3.79. The van der Waals surface area contributed by atoms with E-state index in [9.17, 15) is 8.42 Å². The van der Waals surface area contributed by atoms with E-state index in [1.807, 2.05) is 38.1 Å². The molecule has 5 heteroatoms. The van der Waals surface area contributed by atoms with Crippen molar-refractivity contribution < 1.29 is 8.42 Å². The molecule has 120 valence electrons. The molecule has 0 spiro atoms. The number of nitrogens with zero attached hydrogens (tertiary/aromatic N) is 1. The van der Waals surface area contributed by atoms with Crippen molar-refractivity contribution >= 4 is 15.7 Å². The highest BCUT2D eigenvalue weighted by atomic mass is 32.2. The van der Waals surface area contributed by atoms with Gasteiger partial charge in [-0.3, -0.25) is 4.31 Å². The number of hydrogen-bond donors (Lipinski definition) is 1. The molecule has 1 aromatic rings. The number of aryl methyl sites for hydroxylation is 1. The van der Waals surface area contributed by atoms with Gasteiger partial charge in [-0.1, -0.05) is 31.5 Å². The molecule has 1 aromatic carbocycles. The first-order valence-electron chi connectivity index (χ1n) is 7.67.